The van der Waals surface area contributed by atoms with Gasteiger partial charge >= 0.3 is 6.03 Å². The van der Waals surface area contributed by atoms with E-state index in [1.165, 1.54) is 7.05 Å². The summed E-state index contributed by atoms with van der Waals surface area (Å²) in [7, 11) is 1.54. The van der Waals surface area contributed by atoms with Gasteiger partial charge in [0.1, 0.15) is 6.04 Å². The zero-order chi connectivity index (χ0) is 18.2. The van der Waals surface area contributed by atoms with Gasteiger partial charge in [0.15, 0.2) is 0 Å². The van der Waals surface area contributed by atoms with Crippen molar-refractivity contribution in [3.8, 4) is 0 Å². The maximum Gasteiger partial charge on any atom is 0.315 e. The second-order valence-corrected chi connectivity index (χ2v) is 6.10. The molecule has 0 aliphatic heterocycles. The minimum absolute atomic E-state index is 0.0281. The second-order valence-electron chi connectivity index (χ2n) is 6.10. The van der Waals surface area contributed by atoms with Crippen molar-refractivity contribution in [1.29, 1.82) is 0 Å². The van der Waals surface area contributed by atoms with Gasteiger partial charge in [0.25, 0.3) is 0 Å². The van der Waals surface area contributed by atoms with Crippen molar-refractivity contribution in [1.82, 2.24) is 10.6 Å². The molecule has 5 nitrogen and oxygen atoms in total. The lowest BCUT2D eigenvalue weighted by atomic mass is 10.0. The van der Waals surface area contributed by atoms with Gasteiger partial charge in [-0.2, -0.15) is 0 Å². The first-order valence-electron chi connectivity index (χ1n) is 8.43. The van der Waals surface area contributed by atoms with Gasteiger partial charge < -0.3 is 15.5 Å². The number of amides is 3. The molecule has 0 heterocycles. The summed E-state index contributed by atoms with van der Waals surface area (Å²) >= 11 is 0. The smallest absolute Gasteiger partial charge is 0.315 e. The highest BCUT2D eigenvalue weighted by molar-refractivity contribution is 5.99. The molecule has 0 saturated carbocycles. The fraction of sp³-hybridized carbons (Fsp3) is 0.300. The standard InChI is InChI=1S/C20H25N3O2/c1-15(2)23(17-12-8-5-9-13-17)19(24)18(22-20(25)21-3)14-16-10-6-4-7-11-16/h4-13,15,18H,14H2,1-3H3,(H2,21,22,25)/t18-/m0/s1. The molecule has 0 radical (unpaired) electrons. The van der Waals surface area contributed by atoms with Gasteiger partial charge in [-0.05, 0) is 31.5 Å². The molecule has 0 saturated heterocycles. The third-order valence-electron chi connectivity index (χ3n) is 3.90. The largest absolute Gasteiger partial charge is 0.341 e. The van der Waals surface area contributed by atoms with E-state index in [0.717, 1.165) is 11.3 Å². The van der Waals surface area contributed by atoms with Crippen molar-refractivity contribution in [3.05, 3.63) is 66.2 Å². The number of para-hydroxylation sites is 1. The van der Waals surface area contributed by atoms with Crippen molar-refractivity contribution in [3.63, 3.8) is 0 Å². The number of anilines is 1. The molecule has 2 aromatic rings. The zero-order valence-corrected chi connectivity index (χ0v) is 14.9. The first-order valence-corrected chi connectivity index (χ1v) is 8.43. The summed E-state index contributed by atoms with van der Waals surface area (Å²) < 4.78 is 0. The van der Waals surface area contributed by atoms with Crippen molar-refractivity contribution in [2.75, 3.05) is 11.9 Å². The van der Waals surface area contributed by atoms with E-state index < -0.39 is 6.04 Å². The highest BCUT2D eigenvalue weighted by Crippen LogP contribution is 2.19. The number of carbonyl (C=O) groups excluding carboxylic acids is 2. The Morgan fingerprint density at radius 2 is 1.52 bits per heavy atom. The summed E-state index contributed by atoms with van der Waals surface area (Å²) in [4.78, 5) is 26.8. The highest BCUT2D eigenvalue weighted by Gasteiger charge is 2.28. The lowest BCUT2D eigenvalue weighted by Gasteiger charge is -2.31. The topological polar surface area (TPSA) is 61.4 Å². The predicted molar refractivity (Wildman–Crippen MR) is 101 cm³/mol. The van der Waals surface area contributed by atoms with Crippen molar-refractivity contribution in [2.45, 2.75) is 32.4 Å². The number of urea groups is 1. The molecule has 132 valence electrons. The molecule has 25 heavy (non-hydrogen) atoms. The number of hydrogen-bond acceptors (Lipinski definition) is 2. The van der Waals surface area contributed by atoms with E-state index in [-0.39, 0.29) is 18.0 Å². The van der Waals surface area contributed by atoms with Gasteiger partial charge in [-0.3, -0.25) is 4.79 Å². The summed E-state index contributed by atoms with van der Waals surface area (Å²) in [6, 6.07) is 18.1. The van der Waals surface area contributed by atoms with E-state index in [2.05, 4.69) is 10.6 Å². The number of nitrogens with one attached hydrogen (secondary N) is 2. The van der Waals surface area contributed by atoms with Crippen LogP contribution in [0.2, 0.25) is 0 Å². The molecular formula is C20H25N3O2. The highest BCUT2D eigenvalue weighted by atomic mass is 16.2. The van der Waals surface area contributed by atoms with Gasteiger partial charge in [-0.25, -0.2) is 4.79 Å². The second kappa shape index (κ2) is 8.87. The SMILES string of the molecule is CNC(=O)N[C@@H](Cc1ccccc1)C(=O)N(c1ccccc1)C(C)C. The molecule has 0 spiro atoms. The van der Waals surface area contributed by atoms with Gasteiger partial charge in [0.05, 0.1) is 0 Å². The van der Waals surface area contributed by atoms with Crippen LogP contribution in [0, 0.1) is 0 Å². The van der Waals surface area contributed by atoms with E-state index in [0.29, 0.717) is 6.42 Å². The Balaban J connectivity index is 2.29. The Bertz CT molecular complexity index is 687. The molecule has 0 fully saturated rings. The molecule has 2 N–H and O–H groups in total. The molecule has 0 bridgehead atoms. The zero-order valence-electron chi connectivity index (χ0n) is 14.9. The Morgan fingerprint density at radius 3 is 2.04 bits per heavy atom. The molecular weight excluding hydrogens is 314 g/mol. The van der Waals surface area contributed by atoms with Crippen LogP contribution in [0.25, 0.3) is 0 Å². The van der Waals surface area contributed by atoms with Crippen LogP contribution >= 0.6 is 0 Å². The van der Waals surface area contributed by atoms with Gasteiger partial charge in [-0.1, -0.05) is 48.5 Å². The van der Waals surface area contributed by atoms with E-state index in [1.54, 1.807) is 4.90 Å². The summed E-state index contributed by atoms with van der Waals surface area (Å²) in [5, 5.41) is 5.30. The quantitative estimate of drug-likeness (QED) is 0.850. The average Bonchev–Trinajstić information content (AvgIpc) is 2.62. The van der Waals surface area contributed by atoms with E-state index in [1.807, 2.05) is 74.5 Å². The normalized spacial score (nSPS) is 11.7. The van der Waals surface area contributed by atoms with Crippen LogP contribution in [0.15, 0.2) is 60.7 Å². The molecule has 1 atom stereocenters. The van der Waals surface area contributed by atoms with E-state index in [4.69, 9.17) is 0 Å². The molecule has 3 amide bonds. The van der Waals surface area contributed by atoms with Gasteiger partial charge in [0, 0.05) is 25.2 Å². The van der Waals surface area contributed by atoms with Crippen LogP contribution < -0.4 is 15.5 Å². The van der Waals surface area contributed by atoms with Crippen LogP contribution in [-0.2, 0) is 11.2 Å². The molecule has 0 aliphatic rings. The summed E-state index contributed by atoms with van der Waals surface area (Å²) in [5.41, 5.74) is 1.81. The summed E-state index contributed by atoms with van der Waals surface area (Å²) in [6.45, 7) is 3.93. The van der Waals surface area contributed by atoms with Crippen molar-refractivity contribution >= 4 is 17.6 Å². The average molecular weight is 339 g/mol. The predicted octanol–water partition coefficient (Wildman–Crippen LogP) is 2.97. The number of rotatable bonds is 6. The minimum Gasteiger partial charge on any atom is -0.341 e. The maximum atomic E-state index is 13.2. The van der Waals surface area contributed by atoms with Crippen molar-refractivity contribution in [2.24, 2.45) is 0 Å². The lowest BCUT2D eigenvalue weighted by molar-refractivity contribution is -0.120. The lowest BCUT2D eigenvalue weighted by Crippen LogP contribution is -2.53. The third kappa shape index (κ3) is 5.08. The summed E-state index contributed by atoms with van der Waals surface area (Å²) in [5.74, 6) is -0.131. The number of nitrogens with zero attached hydrogens (tertiary/aromatic N) is 1. The Kier molecular flexibility index (Phi) is 6.57. The summed E-state index contributed by atoms with van der Waals surface area (Å²) in [6.07, 6.45) is 0.434. The fourth-order valence-corrected chi connectivity index (χ4v) is 2.72. The first kappa shape index (κ1) is 18.5. The van der Waals surface area contributed by atoms with Gasteiger partial charge in [0.2, 0.25) is 5.91 Å². The molecule has 2 aromatic carbocycles. The van der Waals surface area contributed by atoms with Gasteiger partial charge in [-0.15, -0.1) is 0 Å². The van der Waals surface area contributed by atoms with Crippen LogP contribution in [-0.4, -0.2) is 31.1 Å². The number of hydrogen-bond donors (Lipinski definition) is 2. The Morgan fingerprint density at radius 1 is 0.960 bits per heavy atom. The number of carbonyl (C=O) groups is 2. The first-order chi connectivity index (χ1) is 12.0. The Labute approximate surface area is 149 Å². The third-order valence-corrected chi connectivity index (χ3v) is 3.90. The van der Waals surface area contributed by atoms with E-state index >= 15 is 0 Å². The van der Waals surface area contributed by atoms with Crippen LogP contribution in [0.4, 0.5) is 10.5 Å². The molecule has 2 rings (SSSR count). The molecule has 0 unspecified atom stereocenters. The van der Waals surface area contributed by atoms with E-state index in [9.17, 15) is 9.59 Å². The number of benzene rings is 2. The Hall–Kier alpha value is -2.82. The minimum atomic E-state index is -0.648. The van der Waals surface area contributed by atoms with Crippen molar-refractivity contribution < 1.29 is 9.59 Å². The fourth-order valence-electron chi connectivity index (χ4n) is 2.72. The molecule has 0 aromatic heterocycles. The maximum absolute atomic E-state index is 13.2. The monoisotopic (exact) mass is 339 g/mol. The molecule has 0 aliphatic carbocycles. The van der Waals surface area contributed by atoms with Crippen LogP contribution in [0.5, 0.6) is 0 Å². The molecule has 5 heteroatoms. The van der Waals surface area contributed by atoms with Crippen LogP contribution in [0.1, 0.15) is 19.4 Å². The van der Waals surface area contributed by atoms with Crippen LogP contribution in [0.3, 0.4) is 0 Å².